The highest BCUT2D eigenvalue weighted by atomic mass is 79.9. The minimum absolute atomic E-state index is 0.0711. The molecule has 3 N–H and O–H groups in total. The number of aliphatic hydroxyl groups is 1. The van der Waals surface area contributed by atoms with Crippen LogP contribution in [0, 0.1) is 0 Å². The van der Waals surface area contributed by atoms with E-state index in [4.69, 9.17) is 14.9 Å². The van der Waals surface area contributed by atoms with Gasteiger partial charge < -0.3 is 14.9 Å². The first-order chi connectivity index (χ1) is 9.66. The van der Waals surface area contributed by atoms with E-state index in [9.17, 15) is 13.3 Å². The Morgan fingerprint density at radius 2 is 1.81 bits per heavy atom. The first kappa shape index (κ1) is 16.5. The SMILES string of the molecule is O=P(O)(O)C(F)(F)c1cc2cc(CCO)ccc2cc1Br. The van der Waals surface area contributed by atoms with Crippen molar-refractivity contribution in [3.05, 3.63) is 45.9 Å². The van der Waals surface area contributed by atoms with Gasteiger partial charge in [-0.2, -0.15) is 8.78 Å². The third kappa shape index (κ3) is 3.17. The van der Waals surface area contributed by atoms with E-state index in [2.05, 4.69) is 15.9 Å². The van der Waals surface area contributed by atoms with Crippen LogP contribution in [0.3, 0.4) is 0 Å². The maximum Gasteiger partial charge on any atom is 0.399 e. The summed E-state index contributed by atoms with van der Waals surface area (Å²) in [5, 5.41) is 9.97. The zero-order valence-electron chi connectivity index (χ0n) is 10.6. The molecular formula is C13H12BrF2O4P. The third-order valence-electron chi connectivity index (χ3n) is 3.08. The van der Waals surface area contributed by atoms with Crippen molar-refractivity contribution in [2.45, 2.75) is 12.1 Å². The van der Waals surface area contributed by atoms with Gasteiger partial charge in [0, 0.05) is 16.6 Å². The average molecular weight is 381 g/mol. The van der Waals surface area contributed by atoms with Crippen LogP contribution in [0.4, 0.5) is 8.78 Å². The molecule has 0 radical (unpaired) electrons. The van der Waals surface area contributed by atoms with Crippen molar-refractivity contribution in [2.24, 2.45) is 0 Å². The van der Waals surface area contributed by atoms with Crippen LogP contribution in [-0.4, -0.2) is 21.5 Å². The van der Waals surface area contributed by atoms with Gasteiger partial charge in [-0.1, -0.05) is 34.1 Å². The highest BCUT2D eigenvalue weighted by molar-refractivity contribution is 9.10. The molecule has 0 saturated heterocycles. The fourth-order valence-corrected chi connectivity index (χ4v) is 3.25. The van der Waals surface area contributed by atoms with E-state index in [1.54, 1.807) is 18.2 Å². The van der Waals surface area contributed by atoms with Gasteiger partial charge in [0.2, 0.25) is 0 Å². The average Bonchev–Trinajstić information content (AvgIpc) is 2.37. The van der Waals surface area contributed by atoms with Crippen LogP contribution in [0.15, 0.2) is 34.8 Å². The summed E-state index contributed by atoms with van der Waals surface area (Å²) >= 11 is 2.93. The van der Waals surface area contributed by atoms with E-state index in [1.165, 1.54) is 6.07 Å². The van der Waals surface area contributed by atoms with Crippen molar-refractivity contribution in [3.8, 4) is 0 Å². The Bertz CT molecular complexity index is 729. The second-order valence-corrected chi connectivity index (χ2v) is 7.08. The Kier molecular flexibility index (Phi) is 4.52. The van der Waals surface area contributed by atoms with E-state index in [0.29, 0.717) is 17.2 Å². The van der Waals surface area contributed by atoms with Crippen molar-refractivity contribution < 1.29 is 28.2 Å². The molecule has 2 aromatic rings. The first-order valence-electron chi connectivity index (χ1n) is 5.94. The number of alkyl halides is 2. The van der Waals surface area contributed by atoms with Crippen LogP contribution in [0.25, 0.3) is 10.8 Å². The molecule has 8 heteroatoms. The number of rotatable bonds is 4. The molecule has 114 valence electrons. The lowest BCUT2D eigenvalue weighted by molar-refractivity contribution is 0.0559. The van der Waals surface area contributed by atoms with Crippen LogP contribution in [-0.2, 0) is 16.6 Å². The number of hydrogen-bond donors (Lipinski definition) is 3. The molecule has 0 unspecified atom stereocenters. The van der Waals surface area contributed by atoms with Crippen molar-refractivity contribution >= 4 is 34.3 Å². The minimum Gasteiger partial charge on any atom is -0.396 e. The molecule has 0 aliphatic carbocycles. The zero-order chi connectivity index (χ0) is 15.8. The Hall–Kier alpha value is -0.850. The molecule has 0 spiro atoms. The quantitative estimate of drug-likeness (QED) is 0.710. The number of benzene rings is 2. The molecule has 0 aliphatic rings. The van der Waals surface area contributed by atoms with Gasteiger partial charge in [0.05, 0.1) is 0 Å². The first-order valence-corrected chi connectivity index (χ1v) is 8.34. The molecule has 0 heterocycles. The van der Waals surface area contributed by atoms with Crippen molar-refractivity contribution in [3.63, 3.8) is 0 Å². The predicted molar refractivity (Wildman–Crippen MR) is 78.4 cm³/mol. The number of fused-ring (bicyclic) bond motifs is 1. The summed E-state index contributed by atoms with van der Waals surface area (Å²) in [6, 6.07) is 7.50. The molecule has 0 bridgehead atoms. The van der Waals surface area contributed by atoms with Crippen molar-refractivity contribution in [1.82, 2.24) is 0 Å². The largest absolute Gasteiger partial charge is 0.399 e. The fourth-order valence-electron chi connectivity index (χ4n) is 1.99. The van der Waals surface area contributed by atoms with Crippen LogP contribution >= 0.6 is 23.5 Å². The van der Waals surface area contributed by atoms with Gasteiger partial charge in [0.25, 0.3) is 0 Å². The van der Waals surface area contributed by atoms with E-state index < -0.39 is 18.8 Å². The van der Waals surface area contributed by atoms with Crippen LogP contribution < -0.4 is 0 Å². The Morgan fingerprint density at radius 3 is 2.38 bits per heavy atom. The molecule has 0 saturated carbocycles. The molecule has 21 heavy (non-hydrogen) atoms. The normalized spacial score (nSPS) is 12.9. The standard InChI is InChI=1S/C13H12BrF2O4P/c14-12-7-9-2-1-8(3-4-17)5-10(9)6-11(12)13(15,16)21(18,19)20/h1-2,5-7,17H,3-4H2,(H2,18,19,20). The lowest BCUT2D eigenvalue weighted by Crippen LogP contribution is -2.14. The Morgan fingerprint density at radius 1 is 1.14 bits per heavy atom. The van der Waals surface area contributed by atoms with Gasteiger partial charge in [-0.05, 0) is 34.9 Å². The maximum absolute atomic E-state index is 13.9. The summed E-state index contributed by atoms with van der Waals surface area (Å²) in [5.74, 6) is 0. The van der Waals surface area contributed by atoms with Gasteiger partial charge in [-0.25, -0.2) is 0 Å². The van der Waals surface area contributed by atoms with Crippen LogP contribution in [0.5, 0.6) is 0 Å². The molecular weight excluding hydrogens is 369 g/mol. The third-order valence-corrected chi connectivity index (χ3v) is 4.71. The Balaban J connectivity index is 2.65. The Labute approximate surface area is 127 Å². The zero-order valence-corrected chi connectivity index (χ0v) is 13.1. The summed E-state index contributed by atoms with van der Waals surface area (Å²) < 4.78 is 38.7. The van der Waals surface area contributed by atoms with Gasteiger partial charge in [0.15, 0.2) is 0 Å². The lowest BCUT2D eigenvalue weighted by Gasteiger charge is -2.20. The van der Waals surface area contributed by atoms with Crippen LogP contribution in [0.2, 0.25) is 0 Å². The molecule has 0 aromatic heterocycles. The summed E-state index contributed by atoms with van der Waals surface area (Å²) in [6.45, 7) is -0.0759. The lowest BCUT2D eigenvalue weighted by atomic mass is 10.0. The highest BCUT2D eigenvalue weighted by Gasteiger charge is 2.51. The van der Waals surface area contributed by atoms with Crippen LogP contribution in [0.1, 0.15) is 11.1 Å². The molecule has 2 rings (SSSR count). The van der Waals surface area contributed by atoms with Crippen molar-refractivity contribution in [1.29, 1.82) is 0 Å². The van der Waals surface area contributed by atoms with Gasteiger partial charge in [-0.15, -0.1) is 0 Å². The van der Waals surface area contributed by atoms with Gasteiger partial charge in [0.1, 0.15) is 0 Å². The molecule has 0 amide bonds. The molecule has 0 aliphatic heterocycles. The van der Waals surface area contributed by atoms with E-state index in [0.717, 1.165) is 11.6 Å². The topological polar surface area (TPSA) is 77.8 Å². The minimum atomic E-state index is -5.62. The summed E-state index contributed by atoms with van der Waals surface area (Å²) in [6.07, 6.45) is 0.371. The molecule has 4 nitrogen and oxygen atoms in total. The van der Waals surface area contributed by atoms with Gasteiger partial charge in [-0.3, -0.25) is 4.57 Å². The number of aliphatic hydroxyl groups excluding tert-OH is 1. The molecule has 2 aromatic carbocycles. The smallest absolute Gasteiger partial charge is 0.396 e. The second-order valence-electron chi connectivity index (χ2n) is 4.57. The number of hydrogen-bond acceptors (Lipinski definition) is 2. The van der Waals surface area contributed by atoms with Gasteiger partial charge >= 0.3 is 13.3 Å². The molecule has 0 atom stereocenters. The maximum atomic E-state index is 13.9. The summed E-state index contributed by atoms with van der Waals surface area (Å²) in [7, 11) is -5.62. The number of halogens is 3. The monoisotopic (exact) mass is 380 g/mol. The van der Waals surface area contributed by atoms with E-state index in [1.807, 2.05) is 0 Å². The summed E-state index contributed by atoms with van der Waals surface area (Å²) in [5.41, 5.74) is -4.28. The highest BCUT2D eigenvalue weighted by Crippen LogP contribution is 2.60. The van der Waals surface area contributed by atoms with E-state index >= 15 is 0 Å². The summed E-state index contributed by atoms with van der Waals surface area (Å²) in [4.78, 5) is 17.7. The molecule has 0 fully saturated rings. The predicted octanol–water partition coefficient (Wildman–Crippen LogP) is 3.36. The fraction of sp³-hybridized carbons (Fsp3) is 0.231. The second kappa shape index (κ2) is 5.74. The van der Waals surface area contributed by atoms with E-state index in [-0.39, 0.29) is 11.1 Å². The van der Waals surface area contributed by atoms with Crippen molar-refractivity contribution in [2.75, 3.05) is 6.61 Å².